The number of halogens is 1. The lowest BCUT2D eigenvalue weighted by Gasteiger charge is -2.21. The summed E-state index contributed by atoms with van der Waals surface area (Å²) in [6, 6.07) is 7.59. The molecular formula is C11H12ClNO2. The summed E-state index contributed by atoms with van der Waals surface area (Å²) < 4.78 is 5.20. The smallest absolute Gasteiger partial charge is 0.407 e. The fraction of sp³-hybridized carbons (Fsp3) is 0.364. The van der Waals surface area contributed by atoms with E-state index < -0.39 is 5.60 Å². The number of amides is 1. The molecule has 1 aromatic rings. The van der Waals surface area contributed by atoms with Gasteiger partial charge in [-0.1, -0.05) is 29.8 Å². The number of hydrogen-bond donors (Lipinski definition) is 1. The van der Waals surface area contributed by atoms with Crippen LogP contribution in [0, 0.1) is 0 Å². The Kier molecular flexibility index (Phi) is 2.57. The molecule has 1 atom stereocenters. The van der Waals surface area contributed by atoms with Crippen molar-refractivity contribution in [2.24, 2.45) is 0 Å². The highest BCUT2D eigenvalue weighted by Gasteiger charge is 2.35. The molecule has 0 bridgehead atoms. The summed E-state index contributed by atoms with van der Waals surface area (Å²) in [5.74, 6) is 0. The van der Waals surface area contributed by atoms with Crippen molar-refractivity contribution in [1.82, 2.24) is 5.32 Å². The third-order valence-corrected chi connectivity index (χ3v) is 2.84. The topological polar surface area (TPSA) is 38.3 Å². The van der Waals surface area contributed by atoms with Crippen molar-refractivity contribution in [2.45, 2.75) is 18.9 Å². The number of carbonyl (C=O) groups is 1. The van der Waals surface area contributed by atoms with Crippen molar-refractivity contribution in [3.8, 4) is 0 Å². The van der Waals surface area contributed by atoms with Crippen LogP contribution in [-0.4, -0.2) is 18.2 Å². The predicted molar refractivity (Wildman–Crippen MR) is 58.0 cm³/mol. The Morgan fingerprint density at radius 3 is 2.87 bits per heavy atom. The monoisotopic (exact) mass is 225 g/mol. The van der Waals surface area contributed by atoms with Crippen LogP contribution in [0.25, 0.3) is 0 Å². The van der Waals surface area contributed by atoms with E-state index in [1.807, 2.05) is 31.2 Å². The predicted octanol–water partition coefficient (Wildman–Crippen LogP) is 2.38. The first-order chi connectivity index (χ1) is 7.09. The van der Waals surface area contributed by atoms with Gasteiger partial charge < -0.3 is 10.1 Å². The van der Waals surface area contributed by atoms with Gasteiger partial charge in [-0.25, -0.2) is 4.79 Å². The molecule has 1 unspecified atom stereocenters. The zero-order valence-corrected chi connectivity index (χ0v) is 9.17. The second kappa shape index (κ2) is 3.74. The molecule has 1 saturated heterocycles. The van der Waals surface area contributed by atoms with Crippen molar-refractivity contribution in [2.75, 3.05) is 6.54 Å². The van der Waals surface area contributed by atoms with Gasteiger partial charge in [-0.15, -0.1) is 0 Å². The van der Waals surface area contributed by atoms with Crippen LogP contribution >= 0.6 is 11.6 Å². The van der Waals surface area contributed by atoms with Gasteiger partial charge in [-0.2, -0.15) is 0 Å². The van der Waals surface area contributed by atoms with Crippen LogP contribution in [0.3, 0.4) is 0 Å². The SMILES string of the molecule is CC1(Cc2ccccc2Cl)CNC(=O)O1. The molecule has 0 saturated carbocycles. The van der Waals surface area contributed by atoms with Crippen molar-refractivity contribution >= 4 is 17.7 Å². The van der Waals surface area contributed by atoms with E-state index in [9.17, 15) is 4.79 Å². The number of benzene rings is 1. The molecule has 1 fully saturated rings. The van der Waals surface area contributed by atoms with Crippen molar-refractivity contribution in [1.29, 1.82) is 0 Å². The summed E-state index contributed by atoms with van der Waals surface area (Å²) >= 11 is 6.04. The average molecular weight is 226 g/mol. The Morgan fingerprint density at radius 1 is 1.53 bits per heavy atom. The summed E-state index contributed by atoms with van der Waals surface area (Å²) in [6.07, 6.45) is 0.273. The first-order valence-electron chi connectivity index (χ1n) is 4.79. The number of hydrogen-bond acceptors (Lipinski definition) is 2. The quantitative estimate of drug-likeness (QED) is 0.839. The molecule has 2 rings (SSSR count). The van der Waals surface area contributed by atoms with Gasteiger partial charge >= 0.3 is 6.09 Å². The molecule has 80 valence electrons. The summed E-state index contributed by atoms with van der Waals surface area (Å²) in [6.45, 7) is 2.42. The summed E-state index contributed by atoms with van der Waals surface area (Å²) in [5.41, 5.74) is 0.514. The molecule has 1 aliphatic heterocycles. The van der Waals surface area contributed by atoms with Gasteiger partial charge in [0, 0.05) is 11.4 Å². The highest BCUT2D eigenvalue weighted by atomic mass is 35.5. The van der Waals surface area contributed by atoms with Crippen molar-refractivity contribution in [3.05, 3.63) is 34.9 Å². The van der Waals surface area contributed by atoms with Gasteiger partial charge in [-0.3, -0.25) is 0 Å². The normalized spacial score (nSPS) is 24.8. The maximum atomic E-state index is 11.0. The molecule has 1 aliphatic rings. The standard InChI is InChI=1S/C11H12ClNO2/c1-11(7-13-10(14)15-11)6-8-4-2-3-5-9(8)12/h2-5H,6-7H2,1H3,(H,13,14). The molecule has 1 aromatic carbocycles. The fourth-order valence-electron chi connectivity index (χ4n) is 1.70. The van der Waals surface area contributed by atoms with Gasteiger partial charge in [0.15, 0.2) is 0 Å². The highest BCUT2D eigenvalue weighted by Crippen LogP contribution is 2.25. The van der Waals surface area contributed by atoms with Crippen LogP contribution in [0.5, 0.6) is 0 Å². The third-order valence-electron chi connectivity index (χ3n) is 2.47. The second-order valence-electron chi connectivity index (χ2n) is 3.96. The Labute approximate surface area is 93.4 Å². The molecule has 1 amide bonds. The van der Waals surface area contributed by atoms with E-state index in [-0.39, 0.29) is 6.09 Å². The summed E-state index contributed by atoms with van der Waals surface area (Å²) in [7, 11) is 0. The van der Waals surface area contributed by atoms with E-state index in [4.69, 9.17) is 16.3 Å². The Bertz CT molecular complexity index is 394. The van der Waals surface area contributed by atoms with Crippen molar-refractivity contribution in [3.63, 3.8) is 0 Å². The number of ether oxygens (including phenoxy) is 1. The Balaban J connectivity index is 2.15. The van der Waals surface area contributed by atoms with E-state index in [1.54, 1.807) is 0 Å². The lowest BCUT2D eigenvalue weighted by atomic mass is 9.97. The molecule has 15 heavy (non-hydrogen) atoms. The van der Waals surface area contributed by atoms with Crippen LogP contribution in [0.4, 0.5) is 4.79 Å². The minimum absolute atomic E-state index is 0.357. The number of nitrogens with one attached hydrogen (secondary N) is 1. The molecule has 0 spiro atoms. The first-order valence-corrected chi connectivity index (χ1v) is 5.17. The third kappa shape index (κ3) is 2.23. The van der Waals surface area contributed by atoms with Gasteiger partial charge in [-0.05, 0) is 18.6 Å². The minimum atomic E-state index is -0.484. The first kappa shape index (κ1) is 10.3. The van der Waals surface area contributed by atoms with E-state index in [1.165, 1.54) is 0 Å². The number of alkyl carbamates (subject to hydrolysis) is 1. The maximum absolute atomic E-state index is 11.0. The zero-order valence-electron chi connectivity index (χ0n) is 8.42. The molecule has 1 N–H and O–H groups in total. The van der Waals surface area contributed by atoms with Crippen molar-refractivity contribution < 1.29 is 9.53 Å². The van der Waals surface area contributed by atoms with E-state index in [0.29, 0.717) is 18.0 Å². The lowest BCUT2D eigenvalue weighted by Crippen LogP contribution is -2.31. The minimum Gasteiger partial charge on any atom is -0.441 e. The molecule has 3 nitrogen and oxygen atoms in total. The molecule has 1 heterocycles. The van der Waals surface area contributed by atoms with Gasteiger partial charge in [0.1, 0.15) is 5.60 Å². The van der Waals surface area contributed by atoms with Gasteiger partial charge in [0.2, 0.25) is 0 Å². The van der Waals surface area contributed by atoms with E-state index in [0.717, 1.165) is 5.56 Å². The average Bonchev–Trinajstić information content (AvgIpc) is 2.51. The van der Waals surface area contributed by atoms with Gasteiger partial charge in [0.05, 0.1) is 6.54 Å². The number of carbonyl (C=O) groups excluding carboxylic acids is 1. The van der Waals surface area contributed by atoms with Gasteiger partial charge in [0.25, 0.3) is 0 Å². The van der Waals surface area contributed by atoms with Crippen LogP contribution in [-0.2, 0) is 11.2 Å². The molecule has 0 aliphatic carbocycles. The number of cyclic esters (lactones) is 1. The Hall–Kier alpha value is -1.22. The molecule has 0 aromatic heterocycles. The van der Waals surface area contributed by atoms with Crippen LogP contribution in [0.1, 0.15) is 12.5 Å². The fourth-order valence-corrected chi connectivity index (χ4v) is 1.90. The van der Waals surface area contributed by atoms with Crippen LogP contribution < -0.4 is 5.32 Å². The summed E-state index contributed by atoms with van der Waals surface area (Å²) in [5, 5.41) is 3.36. The summed E-state index contributed by atoms with van der Waals surface area (Å²) in [4.78, 5) is 11.0. The molecule has 4 heteroatoms. The zero-order chi connectivity index (χ0) is 10.9. The van der Waals surface area contributed by atoms with Crippen LogP contribution in [0.2, 0.25) is 5.02 Å². The van der Waals surface area contributed by atoms with E-state index >= 15 is 0 Å². The molecular weight excluding hydrogens is 214 g/mol. The lowest BCUT2D eigenvalue weighted by molar-refractivity contribution is 0.0725. The second-order valence-corrected chi connectivity index (χ2v) is 4.37. The highest BCUT2D eigenvalue weighted by molar-refractivity contribution is 6.31. The Morgan fingerprint density at radius 2 is 2.27 bits per heavy atom. The molecule has 0 radical (unpaired) electrons. The maximum Gasteiger partial charge on any atom is 0.407 e. The number of rotatable bonds is 2. The largest absolute Gasteiger partial charge is 0.441 e. The van der Waals surface area contributed by atoms with E-state index in [2.05, 4.69) is 5.32 Å². The van der Waals surface area contributed by atoms with Crippen LogP contribution in [0.15, 0.2) is 24.3 Å².